The van der Waals surface area contributed by atoms with Gasteiger partial charge in [-0.05, 0) is 13.8 Å². The topological polar surface area (TPSA) is 101 Å². The summed E-state index contributed by atoms with van der Waals surface area (Å²) < 4.78 is 1.88. The van der Waals surface area contributed by atoms with Crippen molar-refractivity contribution in [2.45, 2.75) is 19.9 Å². The van der Waals surface area contributed by atoms with Crippen molar-refractivity contribution < 1.29 is 0 Å². The van der Waals surface area contributed by atoms with Crippen molar-refractivity contribution in [1.29, 1.82) is 0 Å². The number of aromatic nitrogens is 6. The van der Waals surface area contributed by atoms with Crippen LogP contribution < -0.4 is 15.5 Å². The normalized spacial score (nSPS) is 18.3. The lowest BCUT2D eigenvalue weighted by Gasteiger charge is -2.41. The Hall–Kier alpha value is -2.97. The zero-order valence-electron chi connectivity index (χ0n) is 13.7. The van der Waals surface area contributed by atoms with Crippen molar-refractivity contribution in [3.05, 3.63) is 30.5 Å². The van der Waals surface area contributed by atoms with Crippen molar-refractivity contribution in [1.82, 2.24) is 29.5 Å². The Bertz CT molecular complexity index is 854. The van der Waals surface area contributed by atoms with Crippen LogP contribution in [0.5, 0.6) is 0 Å². The van der Waals surface area contributed by atoms with Gasteiger partial charge in [0.15, 0.2) is 5.82 Å². The van der Waals surface area contributed by atoms with E-state index in [-0.39, 0.29) is 6.04 Å². The van der Waals surface area contributed by atoms with Crippen LogP contribution in [-0.4, -0.2) is 55.2 Å². The van der Waals surface area contributed by atoms with Crippen LogP contribution in [0.2, 0.25) is 0 Å². The molecule has 0 radical (unpaired) electrons. The lowest BCUT2D eigenvalue weighted by molar-refractivity contribution is 0.543. The Kier molecular flexibility index (Phi) is 3.40. The van der Waals surface area contributed by atoms with E-state index < -0.39 is 0 Å². The van der Waals surface area contributed by atoms with Crippen LogP contribution in [0.15, 0.2) is 24.8 Å². The van der Waals surface area contributed by atoms with E-state index in [1.807, 2.05) is 23.6 Å². The summed E-state index contributed by atoms with van der Waals surface area (Å²) in [5, 5.41) is 8.16. The second-order valence-corrected chi connectivity index (χ2v) is 6.03. The van der Waals surface area contributed by atoms with E-state index in [1.165, 1.54) is 0 Å². The Labute approximate surface area is 139 Å². The van der Waals surface area contributed by atoms with E-state index in [0.717, 1.165) is 42.6 Å². The molecule has 24 heavy (non-hydrogen) atoms. The summed E-state index contributed by atoms with van der Waals surface area (Å²) >= 11 is 0. The van der Waals surface area contributed by atoms with Gasteiger partial charge in [-0.2, -0.15) is 4.98 Å². The number of fused-ring (bicyclic) bond motifs is 1. The fraction of sp³-hybridized carbons (Fsp3) is 0.400. The first-order chi connectivity index (χ1) is 11.6. The van der Waals surface area contributed by atoms with Gasteiger partial charge in [0.05, 0.1) is 0 Å². The molecule has 2 N–H and O–H groups in total. The third kappa shape index (κ3) is 2.47. The predicted octanol–water partition coefficient (Wildman–Crippen LogP) is 0.520. The summed E-state index contributed by atoms with van der Waals surface area (Å²) in [6, 6.07) is 2.22. The van der Waals surface area contributed by atoms with Gasteiger partial charge >= 0.3 is 0 Å². The summed E-state index contributed by atoms with van der Waals surface area (Å²) in [7, 11) is 0. The molecule has 0 aliphatic carbocycles. The average molecular weight is 325 g/mol. The van der Waals surface area contributed by atoms with E-state index >= 15 is 0 Å². The summed E-state index contributed by atoms with van der Waals surface area (Å²) in [4.78, 5) is 17.5. The quantitative estimate of drug-likeness (QED) is 0.727. The van der Waals surface area contributed by atoms with Crippen LogP contribution in [0, 0.1) is 6.92 Å². The highest BCUT2D eigenvalue weighted by Gasteiger charge is 2.27. The van der Waals surface area contributed by atoms with E-state index in [4.69, 9.17) is 5.73 Å². The van der Waals surface area contributed by atoms with Crippen LogP contribution in [0.25, 0.3) is 5.65 Å². The molecule has 0 bridgehead atoms. The fourth-order valence-electron chi connectivity index (χ4n) is 3.16. The number of hydrogen-bond donors (Lipinski definition) is 1. The van der Waals surface area contributed by atoms with Crippen molar-refractivity contribution in [3.63, 3.8) is 0 Å². The number of nitrogen functional groups attached to an aromatic ring is 1. The number of aryl methyl sites for hydroxylation is 1. The molecular formula is C15H19N9. The van der Waals surface area contributed by atoms with Crippen LogP contribution in [0.4, 0.5) is 17.6 Å². The molecular weight excluding hydrogens is 306 g/mol. The minimum Gasteiger partial charge on any atom is -0.368 e. The largest absolute Gasteiger partial charge is 0.368 e. The third-order valence-electron chi connectivity index (χ3n) is 4.28. The molecule has 1 aliphatic rings. The van der Waals surface area contributed by atoms with Gasteiger partial charge in [-0.15, -0.1) is 10.2 Å². The first kappa shape index (κ1) is 14.6. The van der Waals surface area contributed by atoms with Crippen molar-refractivity contribution >= 4 is 23.2 Å². The van der Waals surface area contributed by atoms with Gasteiger partial charge in [-0.1, -0.05) is 0 Å². The van der Waals surface area contributed by atoms with E-state index in [1.54, 1.807) is 12.5 Å². The zero-order valence-corrected chi connectivity index (χ0v) is 13.7. The zero-order chi connectivity index (χ0) is 16.7. The molecule has 0 aromatic carbocycles. The number of rotatable bonds is 2. The average Bonchev–Trinajstić information content (AvgIpc) is 3.02. The molecule has 9 nitrogen and oxygen atoms in total. The number of anilines is 3. The maximum absolute atomic E-state index is 5.78. The molecule has 0 spiro atoms. The summed E-state index contributed by atoms with van der Waals surface area (Å²) in [6.07, 6.45) is 5.32. The molecule has 4 rings (SSSR count). The number of hydrogen-bond acceptors (Lipinski definition) is 8. The minimum atomic E-state index is 0.255. The van der Waals surface area contributed by atoms with Crippen LogP contribution in [0.1, 0.15) is 12.6 Å². The highest BCUT2D eigenvalue weighted by molar-refractivity contribution is 5.64. The molecule has 1 saturated heterocycles. The monoisotopic (exact) mass is 325 g/mol. The van der Waals surface area contributed by atoms with Crippen LogP contribution in [-0.2, 0) is 0 Å². The Morgan fingerprint density at radius 1 is 1.25 bits per heavy atom. The molecule has 1 unspecified atom stereocenters. The molecule has 0 amide bonds. The van der Waals surface area contributed by atoms with E-state index in [9.17, 15) is 0 Å². The van der Waals surface area contributed by atoms with Gasteiger partial charge in [-0.3, -0.25) is 4.40 Å². The molecule has 1 atom stereocenters. The van der Waals surface area contributed by atoms with Gasteiger partial charge < -0.3 is 15.5 Å². The maximum atomic E-state index is 5.78. The first-order valence-electron chi connectivity index (χ1n) is 7.89. The molecule has 1 fully saturated rings. The second kappa shape index (κ2) is 5.59. The Balaban J connectivity index is 1.59. The van der Waals surface area contributed by atoms with Crippen molar-refractivity contribution in [2.24, 2.45) is 0 Å². The van der Waals surface area contributed by atoms with Gasteiger partial charge in [0.2, 0.25) is 11.6 Å². The molecule has 3 aromatic rings. The van der Waals surface area contributed by atoms with Crippen molar-refractivity contribution in [3.8, 4) is 0 Å². The van der Waals surface area contributed by atoms with Crippen LogP contribution in [0.3, 0.4) is 0 Å². The molecule has 0 saturated carbocycles. The fourth-order valence-corrected chi connectivity index (χ4v) is 3.16. The number of piperazine rings is 1. The van der Waals surface area contributed by atoms with Crippen molar-refractivity contribution in [2.75, 3.05) is 35.2 Å². The highest BCUT2D eigenvalue weighted by Crippen LogP contribution is 2.24. The van der Waals surface area contributed by atoms with Gasteiger partial charge in [0, 0.05) is 49.8 Å². The smallest absolute Gasteiger partial charge is 0.222 e. The summed E-state index contributed by atoms with van der Waals surface area (Å²) in [6.45, 7) is 6.58. The first-order valence-corrected chi connectivity index (χ1v) is 7.89. The minimum absolute atomic E-state index is 0.255. The summed E-state index contributed by atoms with van der Waals surface area (Å²) in [5.74, 6) is 2.05. The maximum Gasteiger partial charge on any atom is 0.222 e. The Morgan fingerprint density at radius 2 is 2.12 bits per heavy atom. The van der Waals surface area contributed by atoms with Gasteiger partial charge in [-0.25, -0.2) is 9.97 Å². The highest BCUT2D eigenvalue weighted by atomic mass is 15.4. The number of nitrogens with two attached hydrogens (primary N) is 1. The van der Waals surface area contributed by atoms with Gasteiger partial charge in [0.1, 0.15) is 12.1 Å². The lowest BCUT2D eigenvalue weighted by Crippen LogP contribution is -2.52. The van der Waals surface area contributed by atoms with Gasteiger partial charge in [0.25, 0.3) is 0 Å². The molecule has 3 aromatic heterocycles. The SMILES string of the molecule is Cc1cc(N2CCN(c3nccn4cnnc34)C(C)C2)nc(N)n1. The number of nitrogens with zero attached hydrogens (tertiary/aromatic N) is 8. The summed E-state index contributed by atoms with van der Waals surface area (Å²) in [5.41, 5.74) is 7.44. The third-order valence-corrected chi connectivity index (χ3v) is 4.28. The van der Waals surface area contributed by atoms with Crippen LogP contribution >= 0.6 is 0 Å². The molecule has 9 heteroatoms. The predicted molar refractivity (Wildman–Crippen MR) is 91.0 cm³/mol. The molecule has 124 valence electrons. The lowest BCUT2D eigenvalue weighted by atomic mass is 10.2. The van der Waals surface area contributed by atoms with E-state index in [0.29, 0.717) is 5.95 Å². The molecule has 1 aliphatic heterocycles. The second-order valence-electron chi connectivity index (χ2n) is 6.03. The standard InChI is InChI=1S/C15H19N9/c1-10-7-12(20-15(16)19-10)22-5-6-24(11(2)8-22)13-14-21-18-9-23(14)4-3-17-13/h3-4,7,9,11H,5-6,8H2,1-2H3,(H2,16,19,20). The molecule has 4 heterocycles. The Morgan fingerprint density at radius 3 is 2.92 bits per heavy atom. The van der Waals surface area contributed by atoms with E-state index in [2.05, 4.69) is 41.9 Å².